The van der Waals surface area contributed by atoms with E-state index in [1.807, 2.05) is 41.1 Å². The molecule has 1 fully saturated rings. The molecule has 0 spiro atoms. The highest BCUT2D eigenvalue weighted by Gasteiger charge is 2.18. The lowest BCUT2D eigenvalue weighted by Gasteiger charge is -2.26. The molecule has 1 heterocycles. The third kappa shape index (κ3) is 5.18. The Labute approximate surface area is 149 Å². The number of carbonyl (C=O) groups is 1. The van der Waals surface area contributed by atoms with Crippen LogP contribution in [0.3, 0.4) is 0 Å². The fraction of sp³-hybridized carbons (Fsp3) is 0.450. The number of nitrogens with zero attached hydrogens (tertiary/aromatic N) is 1. The summed E-state index contributed by atoms with van der Waals surface area (Å²) in [6.45, 7) is 1.76. The highest BCUT2D eigenvalue weighted by molar-refractivity contribution is 5.92. The van der Waals surface area contributed by atoms with Gasteiger partial charge in [0.2, 0.25) is 0 Å². The van der Waals surface area contributed by atoms with Gasteiger partial charge in [-0.15, -0.1) is 0 Å². The van der Waals surface area contributed by atoms with Gasteiger partial charge in [0.05, 0.1) is 12.7 Å². The number of benzene rings is 1. The van der Waals surface area contributed by atoms with E-state index in [-0.39, 0.29) is 5.91 Å². The van der Waals surface area contributed by atoms with E-state index in [0.717, 1.165) is 25.7 Å². The van der Waals surface area contributed by atoms with Gasteiger partial charge in [0, 0.05) is 25.3 Å². The summed E-state index contributed by atoms with van der Waals surface area (Å²) >= 11 is 0. The topological polar surface area (TPSA) is 69.3 Å². The highest BCUT2D eigenvalue weighted by atomic mass is 16.5. The molecule has 3 N–H and O–H groups in total. The van der Waals surface area contributed by atoms with Crippen LogP contribution in [0.15, 0.2) is 48.7 Å². The maximum absolute atomic E-state index is 12.4. The predicted molar refractivity (Wildman–Crippen MR) is 98.5 cm³/mol. The van der Waals surface area contributed by atoms with Gasteiger partial charge in [0.1, 0.15) is 5.69 Å². The fourth-order valence-electron chi connectivity index (χ4n) is 3.27. The zero-order chi connectivity index (χ0) is 17.5. The van der Waals surface area contributed by atoms with E-state index in [1.54, 1.807) is 0 Å². The highest BCUT2D eigenvalue weighted by Crippen LogP contribution is 2.19. The number of aromatic nitrogens is 1. The van der Waals surface area contributed by atoms with Crippen molar-refractivity contribution in [3.8, 4) is 0 Å². The first-order valence-electron chi connectivity index (χ1n) is 9.07. The van der Waals surface area contributed by atoms with Crippen molar-refractivity contribution in [1.29, 1.82) is 0 Å². The minimum atomic E-state index is -0.0600. The first kappa shape index (κ1) is 17.7. The number of rotatable bonds is 7. The van der Waals surface area contributed by atoms with E-state index in [9.17, 15) is 4.79 Å². The largest absolute Gasteiger partial charge is 0.376 e. The van der Waals surface area contributed by atoms with Crippen LogP contribution in [0, 0.1) is 0 Å². The molecule has 2 aromatic rings. The Bertz CT molecular complexity index is 661. The van der Waals surface area contributed by atoms with Crippen LogP contribution in [0.25, 0.3) is 0 Å². The molecule has 0 saturated heterocycles. The third-order valence-electron chi connectivity index (χ3n) is 4.72. The van der Waals surface area contributed by atoms with E-state index in [2.05, 4.69) is 17.4 Å². The molecule has 5 heteroatoms. The second-order valence-corrected chi connectivity index (χ2v) is 6.67. The van der Waals surface area contributed by atoms with Gasteiger partial charge in [0.15, 0.2) is 0 Å². The van der Waals surface area contributed by atoms with Crippen molar-refractivity contribution in [2.75, 3.05) is 13.2 Å². The summed E-state index contributed by atoms with van der Waals surface area (Å²) in [5.41, 5.74) is 7.75. The molecule has 0 atom stereocenters. The van der Waals surface area contributed by atoms with Crippen molar-refractivity contribution in [3.05, 3.63) is 59.9 Å². The van der Waals surface area contributed by atoms with Crippen LogP contribution in [0.2, 0.25) is 0 Å². The van der Waals surface area contributed by atoms with Gasteiger partial charge in [-0.25, -0.2) is 0 Å². The molecular weight excluding hydrogens is 314 g/mol. The molecule has 0 radical (unpaired) electrons. The van der Waals surface area contributed by atoms with Crippen LogP contribution in [0.5, 0.6) is 0 Å². The SMILES string of the molecule is NC1CCC(OCCNC(=O)c2cccn2Cc2ccccc2)CC1. The molecule has 134 valence electrons. The maximum Gasteiger partial charge on any atom is 0.267 e. The van der Waals surface area contributed by atoms with Crippen molar-refractivity contribution in [3.63, 3.8) is 0 Å². The van der Waals surface area contributed by atoms with Crippen LogP contribution in [0.1, 0.15) is 41.7 Å². The molecule has 1 aliphatic carbocycles. The van der Waals surface area contributed by atoms with Crippen LogP contribution >= 0.6 is 0 Å². The van der Waals surface area contributed by atoms with Gasteiger partial charge in [-0.05, 0) is 43.4 Å². The van der Waals surface area contributed by atoms with Crippen molar-refractivity contribution in [2.45, 2.75) is 44.4 Å². The predicted octanol–water partition coefficient (Wildman–Crippen LogP) is 2.55. The lowest BCUT2D eigenvalue weighted by molar-refractivity contribution is 0.0267. The minimum Gasteiger partial charge on any atom is -0.376 e. The summed E-state index contributed by atoms with van der Waals surface area (Å²) in [4.78, 5) is 12.4. The van der Waals surface area contributed by atoms with Crippen molar-refractivity contribution >= 4 is 5.91 Å². The number of nitrogens with two attached hydrogens (primary N) is 1. The van der Waals surface area contributed by atoms with Crippen LogP contribution in [-0.4, -0.2) is 35.8 Å². The van der Waals surface area contributed by atoms with Crippen molar-refractivity contribution in [1.82, 2.24) is 9.88 Å². The normalized spacial score (nSPS) is 20.4. The molecule has 1 aromatic heterocycles. The van der Waals surface area contributed by atoms with E-state index < -0.39 is 0 Å². The van der Waals surface area contributed by atoms with Gasteiger partial charge in [-0.2, -0.15) is 0 Å². The summed E-state index contributed by atoms with van der Waals surface area (Å²) in [5.74, 6) is -0.0600. The molecule has 0 bridgehead atoms. The monoisotopic (exact) mass is 341 g/mol. The van der Waals surface area contributed by atoms with E-state index in [1.165, 1.54) is 5.56 Å². The van der Waals surface area contributed by atoms with Gasteiger partial charge < -0.3 is 20.4 Å². The lowest BCUT2D eigenvalue weighted by Crippen LogP contribution is -2.33. The number of hydrogen-bond donors (Lipinski definition) is 2. The third-order valence-corrected chi connectivity index (χ3v) is 4.72. The Morgan fingerprint density at radius 3 is 2.64 bits per heavy atom. The van der Waals surface area contributed by atoms with Crippen LogP contribution in [-0.2, 0) is 11.3 Å². The zero-order valence-corrected chi connectivity index (χ0v) is 14.6. The average Bonchev–Trinajstić information content (AvgIpc) is 3.09. The van der Waals surface area contributed by atoms with Crippen molar-refractivity contribution < 1.29 is 9.53 Å². The minimum absolute atomic E-state index is 0.0600. The lowest BCUT2D eigenvalue weighted by atomic mass is 9.94. The first-order chi connectivity index (χ1) is 12.2. The fourth-order valence-corrected chi connectivity index (χ4v) is 3.27. The molecule has 1 aromatic carbocycles. The number of hydrogen-bond acceptors (Lipinski definition) is 3. The Kier molecular flexibility index (Phi) is 6.25. The smallest absolute Gasteiger partial charge is 0.267 e. The van der Waals surface area contributed by atoms with Gasteiger partial charge >= 0.3 is 0 Å². The molecule has 25 heavy (non-hydrogen) atoms. The number of nitrogens with one attached hydrogen (secondary N) is 1. The second kappa shape index (κ2) is 8.83. The second-order valence-electron chi connectivity index (χ2n) is 6.67. The van der Waals surface area contributed by atoms with Crippen molar-refractivity contribution in [2.24, 2.45) is 5.73 Å². The Morgan fingerprint density at radius 1 is 1.12 bits per heavy atom. The van der Waals surface area contributed by atoms with Gasteiger partial charge in [0.25, 0.3) is 5.91 Å². The Hall–Kier alpha value is -2.11. The van der Waals surface area contributed by atoms with E-state index in [0.29, 0.717) is 37.5 Å². The standard InChI is InChI=1S/C20H27N3O2/c21-17-8-10-18(11-9-17)25-14-12-22-20(24)19-7-4-13-23(19)15-16-5-2-1-3-6-16/h1-7,13,17-18H,8-12,14-15,21H2,(H,22,24). The Balaban J connectivity index is 1.43. The van der Waals surface area contributed by atoms with E-state index >= 15 is 0 Å². The summed E-state index contributed by atoms with van der Waals surface area (Å²) < 4.78 is 7.81. The molecule has 3 rings (SSSR count). The molecular formula is C20H27N3O2. The molecule has 5 nitrogen and oxygen atoms in total. The Morgan fingerprint density at radius 2 is 1.88 bits per heavy atom. The number of ether oxygens (including phenoxy) is 1. The van der Waals surface area contributed by atoms with E-state index in [4.69, 9.17) is 10.5 Å². The summed E-state index contributed by atoms with van der Waals surface area (Å²) in [6.07, 6.45) is 6.33. The molecule has 1 aliphatic rings. The zero-order valence-electron chi connectivity index (χ0n) is 14.6. The molecule has 0 unspecified atom stereocenters. The number of amides is 1. The first-order valence-corrected chi connectivity index (χ1v) is 9.07. The summed E-state index contributed by atoms with van der Waals surface area (Å²) in [5, 5.41) is 2.95. The summed E-state index contributed by atoms with van der Waals surface area (Å²) in [7, 11) is 0. The maximum atomic E-state index is 12.4. The van der Waals surface area contributed by atoms with Gasteiger partial charge in [-0.3, -0.25) is 4.79 Å². The average molecular weight is 341 g/mol. The number of carbonyl (C=O) groups excluding carboxylic acids is 1. The molecule has 1 saturated carbocycles. The van der Waals surface area contributed by atoms with Crippen LogP contribution in [0.4, 0.5) is 0 Å². The molecule has 0 aliphatic heterocycles. The molecule has 1 amide bonds. The van der Waals surface area contributed by atoms with Crippen LogP contribution < -0.4 is 11.1 Å². The van der Waals surface area contributed by atoms with Gasteiger partial charge in [-0.1, -0.05) is 30.3 Å². The summed E-state index contributed by atoms with van der Waals surface area (Å²) in [6, 6.07) is 14.2. The quantitative estimate of drug-likeness (QED) is 0.761.